The Labute approximate surface area is 182 Å². The second-order valence-corrected chi connectivity index (χ2v) is 7.69. The van der Waals surface area contributed by atoms with Crippen molar-refractivity contribution in [2.75, 3.05) is 20.2 Å². The van der Waals surface area contributed by atoms with Gasteiger partial charge >= 0.3 is 12.1 Å². The van der Waals surface area contributed by atoms with Gasteiger partial charge in [-0.05, 0) is 61.3 Å². The van der Waals surface area contributed by atoms with Crippen LogP contribution in [0.15, 0.2) is 53.3 Å². The molecule has 3 aromatic rings. The van der Waals surface area contributed by atoms with Gasteiger partial charge in [0.05, 0.1) is 12.8 Å². The highest BCUT2D eigenvalue weighted by Crippen LogP contribution is 2.27. The maximum absolute atomic E-state index is 12.4. The summed E-state index contributed by atoms with van der Waals surface area (Å²) in [4.78, 5) is 17.5. The lowest BCUT2D eigenvalue weighted by Gasteiger charge is -2.31. The molecule has 0 bridgehead atoms. The Bertz CT molecular complexity index is 1090. The third-order valence-corrected chi connectivity index (χ3v) is 5.41. The van der Waals surface area contributed by atoms with E-state index in [0.717, 1.165) is 24.9 Å². The zero-order valence-electron chi connectivity index (χ0n) is 17.4. The summed E-state index contributed by atoms with van der Waals surface area (Å²) in [5.41, 5.74) is 1.23. The van der Waals surface area contributed by atoms with Crippen LogP contribution in [0.1, 0.15) is 30.1 Å². The van der Waals surface area contributed by atoms with Gasteiger partial charge in [0.25, 0.3) is 0 Å². The fraction of sp³-hybridized carbons (Fsp3) is 0.364. The molecule has 170 valence electrons. The third-order valence-electron chi connectivity index (χ3n) is 5.41. The highest BCUT2D eigenvalue weighted by atomic mass is 19.4. The third kappa shape index (κ3) is 5.31. The zero-order chi connectivity index (χ0) is 22.7. The van der Waals surface area contributed by atoms with Gasteiger partial charge in [0.1, 0.15) is 17.3 Å². The van der Waals surface area contributed by atoms with Crippen LogP contribution in [0.3, 0.4) is 0 Å². The number of hydrogen-bond donors (Lipinski definition) is 1. The average Bonchev–Trinajstić information content (AvgIpc) is 3.16. The van der Waals surface area contributed by atoms with E-state index in [1.165, 1.54) is 16.8 Å². The number of H-pyrrole nitrogens is 1. The standard InChI is InChI=1S/C22H23F3N4O3/c1-31-18-10-6-17(7-11-18)29-21(30)26-20(27-29)16-3-2-12-28(14-16)13-15-4-8-19(9-5-15)32-22(23,24)25/h4-11,16H,2-3,12-14H2,1H3,(H,26,27,30). The Balaban J connectivity index is 1.42. The van der Waals surface area contributed by atoms with Crippen LogP contribution >= 0.6 is 0 Å². The first-order valence-electron chi connectivity index (χ1n) is 10.2. The molecule has 1 N–H and O–H groups in total. The molecule has 2 aromatic carbocycles. The predicted octanol–water partition coefficient (Wildman–Crippen LogP) is 3.85. The molecule has 0 aliphatic carbocycles. The molecule has 32 heavy (non-hydrogen) atoms. The van der Waals surface area contributed by atoms with Crippen molar-refractivity contribution in [2.24, 2.45) is 0 Å². The van der Waals surface area contributed by atoms with Crippen molar-refractivity contribution in [3.8, 4) is 17.2 Å². The molecule has 1 atom stereocenters. The van der Waals surface area contributed by atoms with Gasteiger partial charge in [-0.3, -0.25) is 9.88 Å². The number of halogens is 3. The summed E-state index contributed by atoms with van der Waals surface area (Å²) in [7, 11) is 1.58. The van der Waals surface area contributed by atoms with E-state index in [4.69, 9.17) is 4.74 Å². The maximum atomic E-state index is 12.4. The fourth-order valence-corrected chi connectivity index (χ4v) is 3.90. The van der Waals surface area contributed by atoms with Crippen LogP contribution in [-0.2, 0) is 6.54 Å². The summed E-state index contributed by atoms with van der Waals surface area (Å²) < 4.78 is 47.4. The lowest BCUT2D eigenvalue weighted by atomic mass is 9.97. The smallest absolute Gasteiger partial charge is 0.497 e. The van der Waals surface area contributed by atoms with Crippen molar-refractivity contribution in [3.05, 3.63) is 70.4 Å². The van der Waals surface area contributed by atoms with Crippen molar-refractivity contribution in [2.45, 2.75) is 31.7 Å². The van der Waals surface area contributed by atoms with E-state index < -0.39 is 6.36 Å². The first kappa shape index (κ1) is 21.9. The van der Waals surface area contributed by atoms with Gasteiger partial charge in [-0.15, -0.1) is 18.3 Å². The Morgan fingerprint density at radius 3 is 2.44 bits per heavy atom. The summed E-state index contributed by atoms with van der Waals surface area (Å²) in [6.45, 7) is 2.14. The molecule has 1 aromatic heterocycles. The van der Waals surface area contributed by atoms with E-state index in [-0.39, 0.29) is 17.4 Å². The molecule has 1 fully saturated rings. The van der Waals surface area contributed by atoms with Gasteiger partial charge in [0, 0.05) is 19.0 Å². The minimum Gasteiger partial charge on any atom is -0.497 e. The number of aromatic nitrogens is 3. The molecule has 0 radical (unpaired) electrons. The molecular weight excluding hydrogens is 425 g/mol. The van der Waals surface area contributed by atoms with Gasteiger partial charge in [-0.2, -0.15) is 4.68 Å². The van der Waals surface area contributed by atoms with E-state index in [2.05, 4.69) is 19.7 Å². The molecule has 1 aliphatic rings. The number of nitrogens with one attached hydrogen (secondary N) is 1. The number of piperidine rings is 1. The lowest BCUT2D eigenvalue weighted by molar-refractivity contribution is -0.274. The van der Waals surface area contributed by atoms with Crippen molar-refractivity contribution >= 4 is 0 Å². The fourth-order valence-electron chi connectivity index (χ4n) is 3.90. The summed E-state index contributed by atoms with van der Waals surface area (Å²) in [6.07, 6.45) is -2.88. The number of nitrogens with zero attached hydrogens (tertiary/aromatic N) is 3. The van der Waals surface area contributed by atoms with Crippen molar-refractivity contribution in [3.63, 3.8) is 0 Å². The van der Waals surface area contributed by atoms with E-state index in [0.29, 0.717) is 30.4 Å². The molecule has 10 heteroatoms. The Morgan fingerprint density at radius 2 is 1.78 bits per heavy atom. The summed E-state index contributed by atoms with van der Waals surface area (Å²) in [5, 5.41) is 4.50. The Hall–Kier alpha value is -3.27. The molecular formula is C22H23F3N4O3. The molecule has 0 amide bonds. The van der Waals surface area contributed by atoms with Crippen LogP contribution in [0.2, 0.25) is 0 Å². The minimum absolute atomic E-state index is 0.0591. The van der Waals surface area contributed by atoms with Crippen LogP contribution in [0, 0.1) is 0 Å². The number of aromatic amines is 1. The van der Waals surface area contributed by atoms with Crippen LogP contribution in [0.25, 0.3) is 5.69 Å². The van der Waals surface area contributed by atoms with Gasteiger partial charge in [0.2, 0.25) is 0 Å². The highest BCUT2D eigenvalue weighted by Gasteiger charge is 2.31. The lowest BCUT2D eigenvalue weighted by Crippen LogP contribution is -2.34. The summed E-state index contributed by atoms with van der Waals surface area (Å²) in [6, 6.07) is 13.0. The van der Waals surface area contributed by atoms with E-state index in [9.17, 15) is 18.0 Å². The van der Waals surface area contributed by atoms with E-state index in [1.54, 1.807) is 43.5 Å². The predicted molar refractivity (Wildman–Crippen MR) is 111 cm³/mol. The number of benzene rings is 2. The van der Waals surface area contributed by atoms with Crippen LogP contribution in [0.4, 0.5) is 13.2 Å². The molecule has 0 saturated carbocycles. The van der Waals surface area contributed by atoms with Gasteiger partial charge in [-0.25, -0.2) is 4.79 Å². The molecule has 1 unspecified atom stereocenters. The second kappa shape index (κ2) is 9.07. The number of ether oxygens (including phenoxy) is 2. The second-order valence-electron chi connectivity index (χ2n) is 7.69. The van der Waals surface area contributed by atoms with Crippen molar-refractivity contribution in [1.29, 1.82) is 0 Å². The first-order valence-corrected chi connectivity index (χ1v) is 10.2. The summed E-state index contributed by atoms with van der Waals surface area (Å²) in [5.74, 6) is 1.14. The van der Waals surface area contributed by atoms with E-state index in [1.807, 2.05) is 0 Å². The quantitative estimate of drug-likeness (QED) is 0.620. The molecule has 1 aliphatic heterocycles. The summed E-state index contributed by atoms with van der Waals surface area (Å²) >= 11 is 0. The van der Waals surface area contributed by atoms with E-state index >= 15 is 0 Å². The van der Waals surface area contributed by atoms with Crippen LogP contribution in [-0.4, -0.2) is 46.2 Å². The van der Waals surface area contributed by atoms with Crippen molar-refractivity contribution in [1.82, 2.24) is 19.7 Å². The highest BCUT2D eigenvalue weighted by molar-refractivity contribution is 5.36. The molecule has 7 nitrogen and oxygen atoms in total. The molecule has 0 spiro atoms. The number of alkyl halides is 3. The number of hydrogen-bond acceptors (Lipinski definition) is 5. The normalized spacial score (nSPS) is 17.3. The zero-order valence-corrected chi connectivity index (χ0v) is 17.4. The van der Waals surface area contributed by atoms with Crippen LogP contribution in [0.5, 0.6) is 11.5 Å². The minimum atomic E-state index is -4.70. The van der Waals surface area contributed by atoms with Gasteiger partial charge < -0.3 is 9.47 Å². The molecule has 2 heterocycles. The monoisotopic (exact) mass is 448 g/mol. The van der Waals surface area contributed by atoms with Crippen molar-refractivity contribution < 1.29 is 22.6 Å². The molecule has 4 rings (SSSR count). The first-order chi connectivity index (χ1) is 15.3. The van der Waals surface area contributed by atoms with Gasteiger partial charge in [0.15, 0.2) is 0 Å². The largest absolute Gasteiger partial charge is 0.573 e. The van der Waals surface area contributed by atoms with Gasteiger partial charge in [-0.1, -0.05) is 12.1 Å². The molecule has 1 saturated heterocycles. The Kier molecular flexibility index (Phi) is 6.22. The number of methoxy groups -OCH3 is 1. The maximum Gasteiger partial charge on any atom is 0.573 e. The Morgan fingerprint density at radius 1 is 1.09 bits per heavy atom. The average molecular weight is 448 g/mol. The SMILES string of the molecule is COc1ccc(-n2nc(C3CCCN(Cc4ccc(OC(F)(F)F)cc4)C3)[nH]c2=O)cc1. The number of rotatable bonds is 6. The topological polar surface area (TPSA) is 72.4 Å². The van der Waals surface area contributed by atoms with Crippen LogP contribution < -0.4 is 15.2 Å². The number of likely N-dealkylation sites (tertiary alicyclic amines) is 1.